The molecule has 8 atom stereocenters. The molecule has 1 heterocycles. The van der Waals surface area contributed by atoms with Crippen LogP contribution in [0.1, 0.15) is 71.3 Å². The van der Waals surface area contributed by atoms with Crippen LogP contribution in [0.15, 0.2) is 30.3 Å². The van der Waals surface area contributed by atoms with Crippen LogP contribution in [0, 0.1) is 40.4 Å². The zero-order chi connectivity index (χ0) is 20.4. The summed E-state index contributed by atoms with van der Waals surface area (Å²) in [5, 5.41) is 0. The molecule has 1 aromatic rings. The Morgan fingerprint density at radius 1 is 1.07 bits per heavy atom. The second-order valence-electron chi connectivity index (χ2n) is 11.7. The minimum atomic E-state index is 0.332. The predicted octanol–water partition coefficient (Wildman–Crippen LogP) is 5.95. The number of piperidine rings is 1. The maximum atomic E-state index is 12.4. The fourth-order valence-corrected chi connectivity index (χ4v) is 8.78. The van der Waals surface area contributed by atoms with Gasteiger partial charge in [0.15, 0.2) is 0 Å². The van der Waals surface area contributed by atoms with E-state index >= 15 is 0 Å². The molecule has 0 bridgehead atoms. The van der Waals surface area contributed by atoms with E-state index in [-0.39, 0.29) is 0 Å². The Morgan fingerprint density at radius 2 is 1.83 bits per heavy atom. The van der Waals surface area contributed by atoms with E-state index in [1.807, 2.05) is 0 Å². The van der Waals surface area contributed by atoms with Crippen LogP contribution in [-0.2, 0) is 11.2 Å². The molecule has 1 saturated heterocycles. The Morgan fingerprint density at radius 3 is 2.59 bits per heavy atom. The number of likely N-dealkylation sites (tertiary alicyclic amines) is 1. The summed E-state index contributed by atoms with van der Waals surface area (Å²) in [4.78, 5) is 14.6. The molecule has 0 spiro atoms. The summed E-state index contributed by atoms with van der Waals surface area (Å²) >= 11 is 0. The monoisotopic (exact) mass is 393 g/mol. The van der Waals surface area contributed by atoms with Crippen molar-refractivity contribution in [1.29, 1.82) is 0 Å². The van der Waals surface area contributed by atoms with Crippen molar-refractivity contribution in [2.24, 2.45) is 40.4 Å². The van der Waals surface area contributed by atoms with Crippen LogP contribution in [0.3, 0.4) is 0 Å². The van der Waals surface area contributed by atoms with Gasteiger partial charge >= 0.3 is 0 Å². The Hall–Kier alpha value is -1.31. The van der Waals surface area contributed by atoms with Crippen LogP contribution in [-0.4, -0.2) is 23.9 Å². The standard InChI is InChI=1S/C27H39NO/c1-18-14-23-27(3,13-11-24(29)28(23)4)21-10-12-26(2)17-20(16-22(26)25(18)21)15-19-8-6-5-7-9-19/h5-9,18,20-23,25H,10-17H2,1-4H3/t18?,20-,21-,22-,23+,25?,26+,27+/m0/s1. The number of amides is 1. The van der Waals surface area contributed by atoms with Gasteiger partial charge in [-0.05, 0) is 90.9 Å². The number of hydrogen-bond donors (Lipinski definition) is 0. The molecule has 29 heavy (non-hydrogen) atoms. The molecule has 4 aliphatic rings. The lowest BCUT2D eigenvalue weighted by Crippen LogP contribution is -2.62. The zero-order valence-corrected chi connectivity index (χ0v) is 18.9. The summed E-state index contributed by atoms with van der Waals surface area (Å²) in [5.74, 6) is 4.51. The van der Waals surface area contributed by atoms with Crippen molar-refractivity contribution >= 4 is 5.91 Å². The van der Waals surface area contributed by atoms with Crippen LogP contribution >= 0.6 is 0 Å². The van der Waals surface area contributed by atoms with Crippen molar-refractivity contribution in [1.82, 2.24) is 4.90 Å². The fourth-order valence-electron chi connectivity index (χ4n) is 8.78. The van der Waals surface area contributed by atoms with Gasteiger partial charge in [-0.15, -0.1) is 0 Å². The van der Waals surface area contributed by atoms with Gasteiger partial charge < -0.3 is 4.90 Å². The fraction of sp³-hybridized carbons (Fsp3) is 0.741. The smallest absolute Gasteiger partial charge is 0.222 e. The molecule has 1 aromatic carbocycles. The summed E-state index contributed by atoms with van der Waals surface area (Å²) < 4.78 is 0. The Labute approximate surface area is 177 Å². The van der Waals surface area contributed by atoms with Crippen LogP contribution < -0.4 is 0 Å². The summed E-state index contributed by atoms with van der Waals surface area (Å²) in [6, 6.07) is 11.6. The van der Waals surface area contributed by atoms with E-state index in [0.717, 1.165) is 42.4 Å². The van der Waals surface area contributed by atoms with Gasteiger partial charge in [0.25, 0.3) is 0 Å². The molecular weight excluding hydrogens is 354 g/mol. The third-order valence-electron chi connectivity index (χ3n) is 10.2. The van der Waals surface area contributed by atoms with Crippen molar-refractivity contribution < 1.29 is 4.79 Å². The SMILES string of the molecule is CC1C[C@H]2N(C)C(=O)CC[C@]2(C)[C@H]2CC[C@]3(C)C[C@@H](Cc4ccccc4)C[C@H]3C12. The number of hydrogen-bond acceptors (Lipinski definition) is 1. The topological polar surface area (TPSA) is 20.3 Å². The molecule has 0 aromatic heterocycles. The number of fused-ring (bicyclic) bond motifs is 5. The normalized spacial score (nSPS) is 46.8. The lowest BCUT2D eigenvalue weighted by molar-refractivity contribution is -0.164. The summed E-state index contributed by atoms with van der Waals surface area (Å²) in [5.41, 5.74) is 2.39. The van der Waals surface area contributed by atoms with Crippen molar-refractivity contribution in [3.05, 3.63) is 35.9 Å². The second kappa shape index (κ2) is 6.86. The highest BCUT2D eigenvalue weighted by atomic mass is 16.2. The van der Waals surface area contributed by atoms with Crippen LogP contribution in [0.5, 0.6) is 0 Å². The Balaban J connectivity index is 1.41. The van der Waals surface area contributed by atoms with Gasteiger partial charge in [-0.3, -0.25) is 4.79 Å². The first-order chi connectivity index (χ1) is 13.8. The van der Waals surface area contributed by atoms with E-state index < -0.39 is 0 Å². The van der Waals surface area contributed by atoms with Gasteiger partial charge in [-0.1, -0.05) is 51.1 Å². The third kappa shape index (κ3) is 3.00. The van der Waals surface area contributed by atoms with Crippen LogP contribution in [0.2, 0.25) is 0 Å². The predicted molar refractivity (Wildman–Crippen MR) is 118 cm³/mol. The Bertz CT molecular complexity index is 774. The molecule has 3 saturated carbocycles. The number of carbonyl (C=O) groups is 1. The lowest BCUT2D eigenvalue weighted by Gasteiger charge is -2.63. The maximum Gasteiger partial charge on any atom is 0.222 e. The van der Waals surface area contributed by atoms with Gasteiger partial charge in [-0.25, -0.2) is 0 Å². The van der Waals surface area contributed by atoms with Crippen molar-refractivity contribution in [3.63, 3.8) is 0 Å². The van der Waals surface area contributed by atoms with Gasteiger partial charge in [0, 0.05) is 19.5 Å². The number of rotatable bonds is 2. The zero-order valence-electron chi connectivity index (χ0n) is 18.9. The molecule has 2 unspecified atom stereocenters. The van der Waals surface area contributed by atoms with Crippen molar-refractivity contribution in [3.8, 4) is 0 Å². The van der Waals surface area contributed by atoms with Crippen LogP contribution in [0.4, 0.5) is 0 Å². The lowest BCUT2D eigenvalue weighted by atomic mass is 9.45. The first kappa shape index (κ1) is 19.6. The molecule has 1 amide bonds. The van der Waals surface area contributed by atoms with Crippen molar-refractivity contribution in [2.75, 3.05) is 7.05 Å². The van der Waals surface area contributed by atoms with Gasteiger partial charge in [0.05, 0.1) is 0 Å². The minimum absolute atomic E-state index is 0.332. The molecule has 0 radical (unpaired) electrons. The highest BCUT2D eigenvalue weighted by Crippen LogP contribution is 2.66. The van der Waals surface area contributed by atoms with Gasteiger partial charge in [-0.2, -0.15) is 0 Å². The van der Waals surface area contributed by atoms with E-state index in [0.29, 0.717) is 22.8 Å². The van der Waals surface area contributed by atoms with Gasteiger partial charge in [0.1, 0.15) is 0 Å². The van der Waals surface area contributed by atoms with E-state index in [2.05, 4.69) is 63.1 Å². The molecule has 2 nitrogen and oxygen atoms in total. The third-order valence-corrected chi connectivity index (χ3v) is 10.2. The molecular formula is C27H39NO. The Kier molecular flexibility index (Phi) is 4.64. The van der Waals surface area contributed by atoms with E-state index in [9.17, 15) is 4.79 Å². The molecule has 158 valence electrons. The average Bonchev–Trinajstić information content (AvgIpc) is 3.03. The quantitative estimate of drug-likeness (QED) is 0.607. The molecule has 5 rings (SSSR count). The molecule has 2 heteroatoms. The second-order valence-corrected chi connectivity index (χ2v) is 11.7. The summed E-state index contributed by atoms with van der Waals surface area (Å²) in [6.07, 6.45) is 9.98. The summed E-state index contributed by atoms with van der Waals surface area (Å²) in [6.45, 7) is 7.68. The van der Waals surface area contributed by atoms with E-state index in [1.165, 1.54) is 44.1 Å². The molecule has 4 fully saturated rings. The first-order valence-corrected chi connectivity index (χ1v) is 12.1. The summed E-state index contributed by atoms with van der Waals surface area (Å²) in [7, 11) is 2.08. The van der Waals surface area contributed by atoms with E-state index in [4.69, 9.17) is 0 Å². The van der Waals surface area contributed by atoms with Gasteiger partial charge in [0.2, 0.25) is 5.91 Å². The van der Waals surface area contributed by atoms with E-state index in [1.54, 1.807) is 0 Å². The molecule has 3 aliphatic carbocycles. The number of benzene rings is 1. The number of carbonyl (C=O) groups excluding carboxylic acids is 1. The number of nitrogens with zero attached hydrogens (tertiary/aromatic N) is 1. The minimum Gasteiger partial charge on any atom is -0.342 e. The molecule has 0 N–H and O–H groups in total. The highest BCUT2D eigenvalue weighted by molar-refractivity contribution is 5.77. The van der Waals surface area contributed by atoms with Crippen LogP contribution in [0.25, 0.3) is 0 Å². The van der Waals surface area contributed by atoms with Crippen molar-refractivity contribution in [2.45, 2.75) is 78.2 Å². The maximum absolute atomic E-state index is 12.4. The largest absolute Gasteiger partial charge is 0.342 e. The average molecular weight is 394 g/mol. The highest BCUT2D eigenvalue weighted by Gasteiger charge is 2.61. The first-order valence-electron chi connectivity index (χ1n) is 12.1. The molecule has 1 aliphatic heterocycles.